The van der Waals surface area contributed by atoms with Gasteiger partial charge < -0.3 is 19.0 Å². The van der Waals surface area contributed by atoms with E-state index in [9.17, 15) is 22.8 Å². The highest BCUT2D eigenvalue weighted by molar-refractivity contribution is 5.94. The Morgan fingerprint density at radius 1 is 1.03 bits per heavy atom. The summed E-state index contributed by atoms with van der Waals surface area (Å²) < 4.78 is 52.9. The molecule has 0 saturated carbocycles. The van der Waals surface area contributed by atoms with Gasteiger partial charge in [-0.15, -0.1) is 0 Å². The van der Waals surface area contributed by atoms with Gasteiger partial charge in [0.2, 0.25) is 0 Å². The highest BCUT2D eigenvalue weighted by Gasteiger charge is 2.41. The molecule has 11 heteroatoms. The zero-order chi connectivity index (χ0) is 24.7. The molecule has 184 valence electrons. The number of fused-ring (bicyclic) bond motifs is 3. The second-order valence-corrected chi connectivity index (χ2v) is 8.37. The van der Waals surface area contributed by atoms with Crippen molar-refractivity contribution >= 4 is 12.0 Å². The monoisotopic (exact) mass is 488 g/mol. The molecule has 1 aromatic carbocycles. The first-order valence-corrected chi connectivity index (χ1v) is 11.3. The first-order valence-electron chi connectivity index (χ1n) is 11.3. The Labute approximate surface area is 198 Å². The van der Waals surface area contributed by atoms with Crippen LogP contribution in [0.4, 0.5) is 18.0 Å². The van der Waals surface area contributed by atoms with Crippen molar-refractivity contribution < 1.29 is 31.9 Å². The van der Waals surface area contributed by atoms with E-state index in [1.165, 1.54) is 10.9 Å². The molecule has 0 spiro atoms. The van der Waals surface area contributed by atoms with Gasteiger partial charge >= 0.3 is 12.3 Å². The SMILES string of the molecule is CCOC(=O)N1CCN(C(=O)c2ccc(-n3nc(C(F)(F)F)c4c3-c3ccoc3CC4)cc2)CC1. The number of carbonyl (C=O) groups is 2. The Kier molecular flexibility index (Phi) is 5.78. The number of halogens is 3. The van der Waals surface area contributed by atoms with E-state index < -0.39 is 18.0 Å². The molecule has 1 saturated heterocycles. The van der Waals surface area contributed by atoms with Crippen molar-refractivity contribution in [1.82, 2.24) is 19.6 Å². The van der Waals surface area contributed by atoms with Gasteiger partial charge in [0.25, 0.3) is 5.91 Å². The molecule has 0 radical (unpaired) electrons. The van der Waals surface area contributed by atoms with Crippen LogP contribution >= 0.6 is 0 Å². The van der Waals surface area contributed by atoms with Gasteiger partial charge in [0.1, 0.15) is 5.76 Å². The maximum atomic E-state index is 13.7. The minimum atomic E-state index is -4.59. The van der Waals surface area contributed by atoms with Crippen molar-refractivity contribution in [3.63, 3.8) is 0 Å². The number of aryl methyl sites for hydroxylation is 1. The van der Waals surface area contributed by atoms with Crippen molar-refractivity contribution in [3.05, 3.63) is 59.2 Å². The number of rotatable bonds is 3. The van der Waals surface area contributed by atoms with Gasteiger partial charge in [0.05, 0.1) is 24.3 Å². The third-order valence-electron chi connectivity index (χ3n) is 6.31. The van der Waals surface area contributed by atoms with Gasteiger partial charge in [-0.2, -0.15) is 18.3 Å². The summed E-state index contributed by atoms with van der Waals surface area (Å²) in [5, 5.41) is 3.92. The highest BCUT2D eigenvalue weighted by Crippen LogP contribution is 2.42. The number of hydrogen-bond acceptors (Lipinski definition) is 5. The van der Waals surface area contributed by atoms with E-state index in [1.54, 1.807) is 47.1 Å². The standard InChI is InChI=1S/C24H23F3N4O4/c1-2-34-23(33)30-12-10-29(11-13-30)22(32)15-3-5-16(6-4-15)31-20-17-9-14-35-19(17)8-7-18(20)21(28-31)24(25,26)27/h3-6,9,14H,2,7-8,10-13H2,1H3. The first-order chi connectivity index (χ1) is 16.8. The van der Waals surface area contributed by atoms with Crippen LogP contribution in [0.25, 0.3) is 16.9 Å². The van der Waals surface area contributed by atoms with Crippen LogP contribution in [0.2, 0.25) is 0 Å². The summed E-state index contributed by atoms with van der Waals surface area (Å²) in [6, 6.07) is 7.99. The first kappa shape index (κ1) is 23.0. The molecule has 2 aromatic heterocycles. The number of aromatic nitrogens is 2. The maximum Gasteiger partial charge on any atom is 0.435 e. The van der Waals surface area contributed by atoms with Crippen LogP contribution in [0.1, 0.15) is 34.3 Å². The van der Waals surface area contributed by atoms with Crippen molar-refractivity contribution in [1.29, 1.82) is 0 Å². The maximum absolute atomic E-state index is 13.7. The number of carbonyl (C=O) groups excluding carboxylic acids is 2. The molecule has 0 unspecified atom stereocenters. The van der Waals surface area contributed by atoms with Crippen LogP contribution in [0.3, 0.4) is 0 Å². The van der Waals surface area contributed by atoms with Crippen LogP contribution in [0.15, 0.2) is 41.0 Å². The predicted molar refractivity (Wildman–Crippen MR) is 118 cm³/mol. The van der Waals surface area contributed by atoms with Crippen molar-refractivity contribution in [2.24, 2.45) is 0 Å². The molecule has 1 aliphatic carbocycles. The average Bonchev–Trinajstić information content (AvgIpc) is 3.48. The van der Waals surface area contributed by atoms with E-state index in [-0.39, 0.29) is 24.5 Å². The summed E-state index contributed by atoms with van der Waals surface area (Å²) >= 11 is 0. The van der Waals surface area contributed by atoms with Crippen LogP contribution in [0.5, 0.6) is 0 Å². The number of amides is 2. The van der Waals surface area contributed by atoms with Crippen LogP contribution < -0.4 is 0 Å². The second-order valence-electron chi connectivity index (χ2n) is 8.37. The summed E-state index contributed by atoms with van der Waals surface area (Å²) in [4.78, 5) is 28.0. The topological polar surface area (TPSA) is 80.8 Å². The minimum Gasteiger partial charge on any atom is -0.469 e. The summed E-state index contributed by atoms with van der Waals surface area (Å²) in [5.41, 5.74) is 1.01. The molecule has 1 fully saturated rings. The Balaban J connectivity index is 1.39. The Bertz CT molecular complexity index is 1250. The van der Waals surface area contributed by atoms with Gasteiger partial charge in [-0.1, -0.05) is 0 Å². The third-order valence-corrected chi connectivity index (χ3v) is 6.31. The lowest BCUT2D eigenvalue weighted by molar-refractivity contribution is -0.142. The number of hydrogen-bond donors (Lipinski definition) is 0. The van der Waals surface area contributed by atoms with E-state index >= 15 is 0 Å². The van der Waals surface area contributed by atoms with E-state index in [0.29, 0.717) is 60.9 Å². The average molecular weight is 488 g/mol. The van der Waals surface area contributed by atoms with Crippen molar-refractivity contribution in [2.75, 3.05) is 32.8 Å². The van der Waals surface area contributed by atoms with Gasteiger partial charge in [-0.3, -0.25) is 4.79 Å². The fraction of sp³-hybridized carbons (Fsp3) is 0.375. The molecular weight excluding hydrogens is 465 g/mol. The lowest BCUT2D eigenvalue weighted by atomic mass is 9.94. The summed E-state index contributed by atoms with van der Waals surface area (Å²) in [6.07, 6.45) is -2.96. The molecule has 3 aromatic rings. The van der Waals surface area contributed by atoms with E-state index in [1.807, 2.05) is 0 Å². The summed E-state index contributed by atoms with van der Waals surface area (Å²) in [7, 11) is 0. The molecule has 5 rings (SSSR count). The molecule has 3 heterocycles. The summed E-state index contributed by atoms with van der Waals surface area (Å²) in [6.45, 7) is 3.49. The minimum absolute atomic E-state index is 0.144. The fourth-order valence-corrected chi connectivity index (χ4v) is 4.60. The van der Waals surface area contributed by atoms with E-state index in [0.717, 1.165) is 0 Å². The number of furan rings is 1. The molecule has 0 bridgehead atoms. The Hall–Kier alpha value is -3.76. The molecule has 0 atom stereocenters. The van der Waals surface area contributed by atoms with Gasteiger partial charge in [0, 0.05) is 49.3 Å². The predicted octanol–water partition coefficient (Wildman–Crippen LogP) is 4.16. The smallest absolute Gasteiger partial charge is 0.435 e. The second kappa shape index (κ2) is 8.79. The summed E-state index contributed by atoms with van der Waals surface area (Å²) in [5.74, 6) is 0.414. The number of piperazine rings is 1. The number of alkyl halides is 3. The molecule has 2 aliphatic rings. The quantitative estimate of drug-likeness (QED) is 0.553. The zero-order valence-electron chi connectivity index (χ0n) is 19.0. The van der Waals surface area contributed by atoms with Gasteiger partial charge in [-0.25, -0.2) is 9.48 Å². The van der Waals surface area contributed by atoms with E-state index in [2.05, 4.69) is 5.10 Å². The zero-order valence-corrected chi connectivity index (χ0v) is 19.0. The van der Waals surface area contributed by atoms with E-state index in [4.69, 9.17) is 9.15 Å². The number of nitrogens with zero attached hydrogens (tertiary/aromatic N) is 4. The fourth-order valence-electron chi connectivity index (χ4n) is 4.60. The number of ether oxygens (including phenoxy) is 1. The van der Waals surface area contributed by atoms with Crippen molar-refractivity contribution in [3.8, 4) is 16.9 Å². The molecular formula is C24H23F3N4O4. The van der Waals surface area contributed by atoms with Crippen LogP contribution in [0, 0.1) is 0 Å². The molecule has 8 nitrogen and oxygen atoms in total. The normalized spacial score (nSPS) is 15.5. The third kappa shape index (κ3) is 4.15. The Morgan fingerprint density at radius 3 is 2.37 bits per heavy atom. The van der Waals surface area contributed by atoms with Gasteiger partial charge in [-0.05, 0) is 43.7 Å². The molecule has 35 heavy (non-hydrogen) atoms. The Morgan fingerprint density at radius 2 is 1.71 bits per heavy atom. The van der Waals surface area contributed by atoms with Crippen molar-refractivity contribution in [2.45, 2.75) is 25.9 Å². The lowest BCUT2D eigenvalue weighted by Gasteiger charge is -2.34. The molecule has 0 N–H and O–H groups in total. The lowest BCUT2D eigenvalue weighted by Crippen LogP contribution is -2.50. The molecule has 1 aliphatic heterocycles. The van der Waals surface area contributed by atoms with Crippen LogP contribution in [-0.4, -0.2) is 64.4 Å². The molecule has 2 amide bonds. The van der Waals surface area contributed by atoms with Gasteiger partial charge in [0.15, 0.2) is 5.69 Å². The highest BCUT2D eigenvalue weighted by atomic mass is 19.4. The largest absolute Gasteiger partial charge is 0.469 e. The number of benzene rings is 1. The van der Waals surface area contributed by atoms with Crippen LogP contribution in [-0.2, 0) is 23.8 Å².